The normalized spacial score (nSPS) is 7.70. The molecule has 0 fully saturated rings. The minimum atomic E-state index is 0.329. The number of rotatable bonds is 0. The van der Waals surface area contributed by atoms with Crippen LogP contribution in [0.4, 0.5) is 0 Å². The minimum absolute atomic E-state index is 0.329. The summed E-state index contributed by atoms with van der Waals surface area (Å²) in [5, 5.41) is 8.76. The van der Waals surface area contributed by atoms with Gasteiger partial charge in [-0.05, 0) is 19.1 Å². The van der Waals surface area contributed by atoms with Crippen molar-refractivity contribution < 1.29 is 5.11 Å². The monoisotopic (exact) mass is 136 g/mol. The van der Waals surface area contributed by atoms with Crippen molar-refractivity contribution in [3.8, 4) is 5.75 Å². The Morgan fingerprint density at radius 2 is 1.50 bits per heavy atom. The van der Waals surface area contributed by atoms with Gasteiger partial charge in [0.15, 0.2) is 0 Å². The van der Waals surface area contributed by atoms with Crippen molar-refractivity contribution >= 4 is 0 Å². The van der Waals surface area contributed by atoms with Crippen molar-refractivity contribution in [1.29, 1.82) is 0 Å². The first kappa shape index (κ1) is 8.76. The van der Waals surface area contributed by atoms with Gasteiger partial charge in [0.25, 0.3) is 0 Å². The first-order chi connectivity index (χ1) is 4.79. The van der Waals surface area contributed by atoms with Crippen LogP contribution in [-0.2, 0) is 0 Å². The average molecular weight is 136 g/mol. The van der Waals surface area contributed by atoms with Crippen molar-refractivity contribution in [3.63, 3.8) is 0 Å². The smallest absolute Gasteiger partial charge is 0.115 e. The second kappa shape index (κ2) is 4.62. The van der Waals surface area contributed by atoms with E-state index in [0.29, 0.717) is 5.75 Å². The van der Waals surface area contributed by atoms with Crippen molar-refractivity contribution in [2.45, 2.75) is 6.92 Å². The maximum atomic E-state index is 8.76. The van der Waals surface area contributed by atoms with Crippen LogP contribution in [0.5, 0.6) is 5.75 Å². The molecule has 1 heteroatoms. The molecule has 1 aromatic carbocycles. The maximum absolute atomic E-state index is 8.76. The fourth-order valence-electron chi connectivity index (χ4n) is 0.545. The topological polar surface area (TPSA) is 20.2 Å². The van der Waals surface area contributed by atoms with Gasteiger partial charge in [-0.25, -0.2) is 0 Å². The van der Waals surface area contributed by atoms with Crippen LogP contribution in [0.25, 0.3) is 0 Å². The molecule has 1 N–H and O–H groups in total. The van der Waals surface area contributed by atoms with Crippen LogP contribution in [0, 0.1) is 6.92 Å². The number of hydrogen-bond acceptors (Lipinski definition) is 1. The lowest BCUT2D eigenvalue weighted by Gasteiger charge is -1.89. The predicted octanol–water partition coefficient (Wildman–Crippen LogP) is 2.50. The van der Waals surface area contributed by atoms with Crippen LogP contribution in [0.3, 0.4) is 0 Å². The molecule has 0 aromatic heterocycles. The van der Waals surface area contributed by atoms with Crippen LogP contribution in [-0.4, -0.2) is 5.11 Å². The molecular weight excluding hydrogens is 124 g/mol. The molecule has 0 spiro atoms. The Hall–Kier alpha value is -1.24. The second-order valence-electron chi connectivity index (χ2n) is 1.84. The predicted molar refractivity (Wildman–Crippen MR) is 44.1 cm³/mol. The largest absolute Gasteiger partial charge is 0.508 e. The highest BCUT2D eigenvalue weighted by Gasteiger charge is 1.82. The lowest BCUT2D eigenvalue weighted by atomic mass is 10.2. The van der Waals surface area contributed by atoms with Crippen LogP contribution < -0.4 is 0 Å². The molecule has 1 aromatic rings. The molecule has 54 valence electrons. The van der Waals surface area contributed by atoms with E-state index in [4.69, 9.17) is 5.11 Å². The van der Waals surface area contributed by atoms with E-state index in [-0.39, 0.29) is 0 Å². The minimum Gasteiger partial charge on any atom is -0.508 e. The van der Waals surface area contributed by atoms with E-state index in [1.54, 1.807) is 12.1 Å². The molecule has 0 aliphatic rings. The van der Waals surface area contributed by atoms with Crippen LogP contribution in [0.15, 0.2) is 37.4 Å². The summed E-state index contributed by atoms with van der Waals surface area (Å²) in [4.78, 5) is 0. The zero-order valence-electron chi connectivity index (χ0n) is 6.17. The van der Waals surface area contributed by atoms with Crippen LogP contribution in [0.1, 0.15) is 5.56 Å². The summed E-state index contributed by atoms with van der Waals surface area (Å²) in [6, 6.07) is 7.09. The lowest BCUT2D eigenvalue weighted by molar-refractivity contribution is 0.475. The van der Waals surface area contributed by atoms with Gasteiger partial charge >= 0.3 is 0 Å². The van der Waals surface area contributed by atoms with E-state index in [2.05, 4.69) is 13.2 Å². The van der Waals surface area contributed by atoms with Crippen molar-refractivity contribution in [1.82, 2.24) is 0 Å². The number of benzene rings is 1. The molecule has 0 bridgehead atoms. The Morgan fingerprint density at radius 3 is 1.80 bits per heavy atom. The number of aromatic hydroxyl groups is 1. The van der Waals surface area contributed by atoms with Gasteiger partial charge in [0, 0.05) is 0 Å². The highest BCUT2D eigenvalue weighted by Crippen LogP contribution is 2.07. The maximum Gasteiger partial charge on any atom is 0.115 e. The summed E-state index contributed by atoms with van der Waals surface area (Å²) in [5.41, 5.74) is 1.17. The molecule has 0 amide bonds. The zero-order chi connectivity index (χ0) is 7.98. The third-order valence-corrected chi connectivity index (χ3v) is 1.03. The number of aryl methyl sites for hydroxylation is 1. The molecule has 0 heterocycles. The van der Waals surface area contributed by atoms with Crippen molar-refractivity contribution in [3.05, 3.63) is 43.0 Å². The van der Waals surface area contributed by atoms with E-state index in [9.17, 15) is 0 Å². The van der Waals surface area contributed by atoms with E-state index >= 15 is 0 Å². The van der Waals surface area contributed by atoms with Gasteiger partial charge in [-0.1, -0.05) is 17.7 Å². The molecule has 10 heavy (non-hydrogen) atoms. The number of phenols is 1. The van der Waals surface area contributed by atoms with E-state index < -0.39 is 0 Å². The molecule has 0 saturated carbocycles. The molecule has 0 unspecified atom stereocenters. The lowest BCUT2D eigenvalue weighted by Crippen LogP contribution is -1.66. The Kier molecular flexibility index (Phi) is 4.05. The van der Waals surface area contributed by atoms with Crippen molar-refractivity contribution in [2.75, 3.05) is 0 Å². The summed E-state index contributed by atoms with van der Waals surface area (Å²) >= 11 is 0. The Bertz CT molecular complexity index is 155. The molecule has 1 rings (SSSR count). The zero-order valence-corrected chi connectivity index (χ0v) is 6.17. The fourth-order valence-corrected chi connectivity index (χ4v) is 0.545. The molecule has 0 saturated heterocycles. The van der Waals surface area contributed by atoms with E-state index in [1.165, 1.54) is 5.56 Å². The van der Waals surface area contributed by atoms with Gasteiger partial charge in [0.05, 0.1) is 0 Å². The summed E-state index contributed by atoms with van der Waals surface area (Å²) in [5.74, 6) is 0.329. The molecule has 0 aliphatic heterocycles. The SMILES string of the molecule is C=C.Cc1ccc(O)cc1. The summed E-state index contributed by atoms with van der Waals surface area (Å²) in [6.45, 7) is 7.99. The second-order valence-corrected chi connectivity index (χ2v) is 1.84. The third kappa shape index (κ3) is 2.92. The number of phenolic OH excluding ortho intramolecular Hbond substituents is 1. The van der Waals surface area contributed by atoms with Gasteiger partial charge in [0.2, 0.25) is 0 Å². The standard InChI is InChI=1S/C7H8O.C2H4/c1-6-2-4-7(8)5-3-6;1-2/h2-5,8H,1H3;1-2H2. The Labute approximate surface area is 61.6 Å². The highest BCUT2D eigenvalue weighted by molar-refractivity contribution is 5.24. The molecule has 0 radical (unpaired) electrons. The molecular formula is C9H12O. The van der Waals surface area contributed by atoms with E-state index in [1.807, 2.05) is 19.1 Å². The number of hydrogen-bond donors (Lipinski definition) is 1. The Morgan fingerprint density at radius 1 is 1.10 bits per heavy atom. The summed E-state index contributed by atoms with van der Waals surface area (Å²) in [7, 11) is 0. The molecule has 0 aliphatic carbocycles. The summed E-state index contributed by atoms with van der Waals surface area (Å²) < 4.78 is 0. The van der Waals surface area contributed by atoms with Gasteiger partial charge in [-0.3, -0.25) is 0 Å². The van der Waals surface area contributed by atoms with Gasteiger partial charge < -0.3 is 5.11 Å². The Balaban J connectivity index is 0.000000371. The average Bonchev–Trinajstić information content (AvgIpc) is 2.00. The highest BCUT2D eigenvalue weighted by atomic mass is 16.3. The van der Waals surface area contributed by atoms with Crippen molar-refractivity contribution in [2.24, 2.45) is 0 Å². The first-order valence-electron chi connectivity index (χ1n) is 3.04. The quantitative estimate of drug-likeness (QED) is 0.543. The van der Waals surface area contributed by atoms with Crippen LogP contribution >= 0.6 is 0 Å². The fraction of sp³-hybridized carbons (Fsp3) is 0.111. The first-order valence-corrected chi connectivity index (χ1v) is 3.04. The van der Waals surface area contributed by atoms with Gasteiger partial charge in [-0.2, -0.15) is 0 Å². The molecule has 0 atom stereocenters. The van der Waals surface area contributed by atoms with Gasteiger partial charge in [-0.15, -0.1) is 13.2 Å². The van der Waals surface area contributed by atoms with Crippen LogP contribution in [0.2, 0.25) is 0 Å². The third-order valence-electron chi connectivity index (χ3n) is 1.03. The van der Waals surface area contributed by atoms with Gasteiger partial charge in [0.1, 0.15) is 5.75 Å². The summed E-state index contributed by atoms with van der Waals surface area (Å²) in [6.07, 6.45) is 0. The van der Waals surface area contributed by atoms with E-state index in [0.717, 1.165) is 0 Å². The molecule has 1 nitrogen and oxygen atoms in total.